The molecule has 2 aromatic carbocycles. The van der Waals surface area contributed by atoms with E-state index in [4.69, 9.17) is 0 Å². The number of anilines is 1. The second-order valence-electron chi connectivity index (χ2n) is 11.2. The van der Waals surface area contributed by atoms with E-state index in [1.807, 2.05) is 91.6 Å². The van der Waals surface area contributed by atoms with Gasteiger partial charge >= 0.3 is 0 Å². The highest BCUT2D eigenvalue weighted by Crippen LogP contribution is 2.37. The van der Waals surface area contributed by atoms with Crippen molar-refractivity contribution in [3.63, 3.8) is 0 Å². The number of amides is 2. The molecule has 2 aromatic rings. The zero-order chi connectivity index (χ0) is 29.4. The Labute approximate surface area is 244 Å². The van der Waals surface area contributed by atoms with Gasteiger partial charge in [0.2, 0.25) is 11.8 Å². The lowest BCUT2D eigenvalue weighted by Crippen LogP contribution is -2.55. The lowest BCUT2D eigenvalue weighted by atomic mass is 9.71. The van der Waals surface area contributed by atoms with Gasteiger partial charge < -0.3 is 15.1 Å². The van der Waals surface area contributed by atoms with Crippen LogP contribution >= 0.6 is 0 Å². The third kappa shape index (κ3) is 6.87. The zero-order valence-electron chi connectivity index (χ0n) is 24.6. The van der Waals surface area contributed by atoms with Crippen LogP contribution in [0.5, 0.6) is 0 Å². The second-order valence-corrected chi connectivity index (χ2v) is 11.2. The molecule has 1 N–H and O–H groups in total. The highest BCUT2D eigenvalue weighted by molar-refractivity contribution is 5.94. The number of allylic oxidation sites excluding steroid dienone is 3. The molecule has 0 unspecified atom stereocenters. The third-order valence-electron chi connectivity index (χ3n) is 8.78. The largest absolute Gasteiger partial charge is 0.371 e. The molecule has 1 atom stereocenters. The molecule has 2 fully saturated rings. The van der Waals surface area contributed by atoms with Gasteiger partial charge in [-0.2, -0.15) is 0 Å². The highest BCUT2D eigenvalue weighted by Gasteiger charge is 2.44. The van der Waals surface area contributed by atoms with Crippen LogP contribution in [0.2, 0.25) is 0 Å². The SMILES string of the molecule is C=C/C=C\C(=C/C)[C@H](C)NC(=O)C1(c2ccccc2)CCN(C(=O)C2CCN(c3ccc(C(C)=O)cc3)CC2)CC1. The maximum atomic E-state index is 13.9. The minimum Gasteiger partial charge on any atom is -0.371 e. The molecule has 6 nitrogen and oxygen atoms in total. The van der Waals surface area contributed by atoms with E-state index in [2.05, 4.69) is 16.8 Å². The van der Waals surface area contributed by atoms with E-state index in [0.29, 0.717) is 31.5 Å². The maximum Gasteiger partial charge on any atom is 0.231 e. The topological polar surface area (TPSA) is 69.7 Å². The first-order chi connectivity index (χ1) is 19.8. The fourth-order valence-corrected chi connectivity index (χ4v) is 6.15. The summed E-state index contributed by atoms with van der Waals surface area (Å²) in [5.41, 5.74) is 3.15. The van der Waals surface area contributed by atoms with Gasteiger partial charge in [0.25, 0.3) is 0 Å². The molecule has 0 radical (unpaired) electrons. The van der Waals surface area contributed by atoms with Gasteiger partial charge in [0.1, 0.15) is 0 Å². The number of nitrogens with zero attached hydrogens (tertiary/aromatic N) is 2. The van der Waals surface area contributed by atoms with Crippen LogP contribution in [0.15, 0.2) is 91.1 Å². The number of hydrogen-bond acceptors (Lipinski definition) is 4. The van der Waals surface area contributed by atoms with Crippen molar-refractivity contribution in [3.05, 3.63) is 102 Å². The lowest BCUT2D eigenvalue weighted by molar-refractivity contribution is -0.140. The van der Waals surface area contributed by atoms with Gasteiger partial charge in [-0.05, 0) is 81.9 Å². The summed E-state index contributed by atoms with van der Waals surface area (Å²) >= 11 is 0. The summed E-state index contributed by atoms with van der Waals surface area (Å²) in [7, 11) is 0. The van der Waals surface area contributed by atoms with E-state index in [1.165, 1.54) is 0 Å². The number of hydrogen-bond donors (Lipinski definition) is 1. The van der Waals surface area contributed by atoms with Gasteiger partial charge in [-0.1, -0.05) is 61.2 Å². The van der Waals surface area contributed by atoms with Crippen molar-refractivity contribution in [3.8, 4) is 0 Å². The number of rotatable bonds is 9. The van der Waals surface area contributed by atoms with E-state index < -0.39 is 5.41 Å². The quantitative estimate of drug-likeness (QED) is 0.312. The molecule has 6 heteroatoms. The highest BCUT2D eigenvalue weighted by atomic mass is 16.2. The Hall–Kier alpha value is -3.93. The Balaban J connectivity index is 1.40. The molecule has 0 spiro atoms. The molecule has 2 aliphatic heterocycles. The van der Waals surface area contributed by atoms with Gasteiger partial charge in [-0.3, -0.25) is 14.4 Å². The summed E-state index contributed by atoms with van der Waals surface area (Å²) in [6.45, 7) is 12.0. The van der Waals surface area contributed by atoms with Gasteiger partial charge in [-0.15, -0.1) is 0 Å². The van der Waals surface area contributed by atoms with Crippen LogP contribution in [-0.2, 0) is 15.0 Å². The maximum absolute atomic E-state index is 13.9. The van der Waals surface area contributed by atoms with Crippen LogP contribution < -0.4 is 10.2 Å². The lowest BCUT2D eigenvalue weighted by Gasteiger charge is -2.43. The number of Topliss-reactive ketones (excluding diaryl/α,β-unsaturated/α-hetero) is 1. The predicted molar refractivity (Wildman–Crippen MR) is 166 cm³/mol. The molecule has 0 aliphatic carbocycles. The normalized spacial score (nSPS) is 18.7. The average Bonchev–Trinajstić information content (AvgIpc) is 3.01. The zero-order valence-corrected chi connectivity index (χ0v) is 24.6. The Morgan fingerprint density at radius 1 is 0.976 bits per heavy atom. The van der Waals surface area contributed by atoms with Gasteiger partial charge in [0, 0.05) is 43.3 Å². The van der Waals surface area contributed by atoms with E-state index in [0.717, 1.165) is 42.8 Å². The first kappa shape index (κ1) is 30.0. The van der Waals surface area contributed by atoms with Crippen molar-refractivity contribution in [2.24, 2.45) is 5.92 Å². The summed E-state index contributed by atoms with van der Waals surface area (Å²) < 4.78 is 0. The molecule has 0 aromatic heterocycles. The molecule has 0 bridgehead atoms. The first-order valence-corrected chi connectivity index (χ1v) is 14.8. The average molecular weight is 554 g/mol. The van der Waals surface area contributed by atoms with Crippen molar-refractivity contribution in [1.29, 1.82) is 0 Å². The van der Waals surface area contributed by atoms with Crippen molar-refractivity contribution < 1.29 is 14.4 Å². The van der Waals surface area contributed by atoms with Gasteiger partial charge in [0.05, 0.1) is 11.5 Å². The summed E-state index contributed by atoms with van der Waals surface area (Å²) in [6.07, 6.45) is 10.4. The number of carbonyl (C=O) groups excluding carboxylic acids is 3. The van der Waals surface area contributed by atoms with Crippen molar-refractivity contribution in [2.45, 2.75) is 57.9 Å². The van der Waals surface area contributed by atoms with E-state index in [1.54, 1.807) is 13.0 Å². The molecule has 2 heterocycles. The number of benzene rings is 2. The van der Waals surface area contributed by atoms with Crippen molar-refractivity contribution in [1.82, 2.24) is 10.2 Å². The number of piperidine rings is 2. The molecular formula is C35H43N3O3. The Morgan fingerprint density at radius 2 is 1.61 bits per heavy atom. The predicted octanol–water partition coefficient (Wildman–Crippen LogP) is 5.86. The van der Waals surface area contributed by atoms with Crippen LogP contribution in [0, 0.1) is 5.92 Å². The fourth-order valence-electron chi connectivity index (χ4n) is 6.15. The number of likely N-dealkylation sites (tertiary alicyclic amines) is 1. The summed E-state index contributed by atoms with van der Waals surface area (Å²) in [4.78, 5) is 43.4. The molecule has 2 saturated heterocycles. The summed E-state index contributed by atoms with van der Waals surface area (Å²) in [5, 5.41) is 3.27. The molecule has 2 amide bonds. The molecular weight excluding hydrogens is 510 g/mol. The van der Waals surface area contributed by atoms with Crippen molar-refractivity contribution in [2.75, 3.05) is 31.1 Å². The summed E-state index contributed by atoms with van der Waals surface area (Å²) in [6, 6.07) is 17.6. The van der Waals surface area contributed by atoms with Gasteiger partial charge in [0.15, 0.2) is 5.78 Å². The third-order valence-corrected chi connectivity index (χ3v) is 8.78. The molecule has 4 rings (SSSR count). The second kappa shape index (κ2) is 13.6. The Bertz CT molecular complexity index is 1280. The minimum absolute atomic E-state index is 0.00489. The van der Waals surface area contributed by atoms with Gasteiger partial charge in [-0.25, -0.2) is 0 Å². The van der Waals surface area contributed by atoms with Crippen LogP contribution in [0.25, 0.3) is 0 Å². The monoisotopic (exact) mass is 553 g/mol. The smallest absolute Gasteiger partial charge is 0.231 e. The van der Waals surface area contributed by atoms with E-state index >= 15 is 0 Å². The van der Waals surface area contributed by atoms with E-state index in [-0.39, 0.29) is 29.6 Å². The molecule has 41 heavy (non-hydrogen) atoms. The summed E-state index contributed by atoms with van der Waals surface area (Å²) in [5.74, 6) is 0.278. The van der Waals surface area contributed by atoms with Crippen LogP contribution in [-0.4, -0.2) is 54.7 Å². The van der Waals surface area contributed by atoms with Crippen molar-refractivity contribution >= 4 is 23.3 Å². The number of nitrogens with one attached hydrogen (secondary N) is 1. The van der Waals surface area contributed by atoms with Crippen LogP contribution in [0.4, 0.5) is 5.69 Å². The first-order valence-electron chi connectivity index (χ1n) is 14.8. The molecule has 2 aliphatic rings. The Morgan fingerprint density at radius 3 is 2.17 bits per heavy atom. The fraction of sp³-hybridized carbons (Fsp3) is 0.400. The Kier molecular flexibility index (Phi) is 9.98. The number of ketones is 1. The minimum atomic E-state index is -0.678. The number of carbonyl (C=O) groups is 3. The van der Waals surface area contributed by atoms with E-state index in [9.17, 15) is 14.4 Å². The standard InChI is InChI=1S/C35H43N3O3/c1-5-7-11-28(6-2)26(3)36-34(41)35(31-12-9-8-10-13-31)20-24-38(25-21-35)33(40)30-18-22-37(23-19-30)32-16-14-29(15-17-32)27(4)39/h5-17,26,30H,1,18-25H2,2-4H3,(H,36,41)/b11-7-,28-6+/t26-/m0/s1. The van der Waals surface area contributed by atoms with Crippen LogP contribution in [0.1, 0.15) is 62.4 Å². The molecule has 216 valence electrons. The van der Waals surface area contributed by atoms with Crippen LogP contribution in [0.3, 0.4) is 0 Å². The molecule has 0 saturated carbocycles.